The van der Waals surface area contributed by atoms with E-state index in [1.54, 1.807) is 36.7 Å². The van der Waals surface area contributed by atoms with Crippen molar-refractivity contribution in [1.29, 1.82) is 0 Å². The number of aromatic nitrogens is 1. The van der Waals surface area contributed by atoms with Crippen LogP contribution in [-0.2, 0) is 16.1 Å². The average Bonchev–Trinajstić information content (AvgIpc) is 2.67. The van der Waals surface area contributed by atoms with Gasteiger partial charge in [-0.05, 0) is 36.8 Å². The zero-order valence-corrected chi connectivity index (χ0v) is 17.0. The Hall–Kier alpha value is -2.19. The first-order valence-corrected chi connectivity index (χ1v) is 8.56. The fourth-order valence-corrected chi connectivity index (χ4v) is 2.74. The second-order valence-corrected chi connectivity index (χ2v) is 6.11. The van der Waals surface area contributed by atoms with Crippen molar-refractivity contribution in [1.82, 2.24) is 15.6 Å². The van der Waals surface area contributed by atoms with Gasteiger partial charge in [0, 0.05) is 36.7 Å². The van der Waals surface area contributed by atoms with Crippen LogP contribution in [0.2, 0.25) is 0 Å². The lowest BCUT2D eigenvalue weighted by molar-refractivity contribution is -0.129. The summed E-state index contributed by atoms with van der Waals surface area (Å²) in [7, 11) is 0. The lowest BCUT2D eigenvalue weighted by Crippen LogP contribution is -2.55. The molecule has 0 radical (unpaired) electrons. The molecule has 3 rings (SSSR count). The molecule has 1 aliphatic rings. The molecule has 1 fully saturated rings. The Kier molecular flexibility index (Phi) is 9.89. The second kappa shape index (κ2) is 11.6. The summed E-state index contributed by atoms with van der Waals surface area (Å²) in [5, 5.41) is 8.86. The number of rotatable bonds is 5. The number of halogens is 2. The van der Waals surface area contributed by atoms with Gasteiger partial charge in [-0.1, -0.05) is 12.1 Å². The van der Waals surface area contributed by atoms with Crippen LogP contribution in [0.25, 0.3) is 0 Å². The van der Waals surface area contributed by atoms with Crippen molar-refractivity contribution in [2.75, 3.05) is 18.5 Å². The highest BCUT2D eigenvalue weighted by Crippen LogP contribution is 2.10. The van der Waals surface area contributed by atoms with E-state index in [-0.39, 0.29) is 48.8 Å². The van der Waals surface area contributed by atoms with E-state index in [9.17, 15) is 9.59 Å². The van der Waals surface area contributed by atoms with Crippen molar-refractivity contribution in [3.63, 3.8) is 0 Å². The van der Waals surface area contributed by atoms with Gasteiger partial charge in [-0.2, -0.15) is 0 Å². The molecular weight excluding hydrogens is 403 g/mol. The molecule has 3 N–H and O–H groups in total. The smallest absolute Gasteiger partial charge is 0.255 e. The molecule has 0 bridgehead atoms. The van der Waals surface area contributed by atoms with E-state index in [0.717, 1.165) is 5.56 Å². The van der Waals surface area contributed by atoms with Crippen LogP contribution in [0.3, 0.4) is 0 Å². The Labute approximate surface area is 176 Å². The number of nitrogens with one attached hydrogen (secondary N) is 3. The van der Waals surface area contributed by atoms with E-state index < -0.39 is 0 Å². The molecule has 28 heavy (non-hydrogen) atoms. The van der Waals surface area contributed by atoms with Crippen LogP contribution >= 0.6 is 24.8 Å². The standard InChI is InChI=1S/C19H22N4O3.2ClH/c1-13-17(21-10-11-26-13)19(25)22-12-14-2-4-15(5-3-14)18(24)23-16-6-8-20-9-7-16;;/h2-9,13,17,21H,10-12H2,1H3,(H,22,25)(H,20,23,24);2*1H/t13-,17+;;/m1../s1. The van der Waals surface area contributed by atoms with Gasteiger partial charge in [-0.3, -0.25) is 14.6 Å². The molecule has 1 saturated heterocycles. The van der Waals surface area contributed by atoms with Crippen LogP contribution in [0.5, 0.6) is 0 Å². The number of morpholine rings is 1. The van der Waals surface area contributed by atoms with E-state index in [0.29, 0.717) is 30.9 Å². The molecule has 0 saturated carbocycles. The fourth-order valence-electron chi connectivity index (χ4n) is 2.74. The van der Waals surface area contributed by atoms with Crippen molar-refractivity contribution >= 4 is 42.3 Å². The van der Waals surface area contributed by atoms with Crippen molar-refractivity contribution in [3.05, 3.63) is 59.9 Å². The first-order valence-electron chi connectivity index (χ1n) is 8.56. The minimum Gasteiger partial charge on any atom is -0.375 e. The zero-order valence-electron chi connectivity index (χ0n) is 15.4. The molecule has 1 aromatic carbocycles. The SMILES string of the molecule is C[C@H]1OCCN[C@@H]1C(=O)NCc1ccc(C(=O)Nc2ccncc2)cc1.Cl.Cl. The maximum absolute atomic E-state index is 12.2. The minimum atomic E-state index is -0.339. The van der Waals surface area contributed by atoms with Crippen LogP contribution in [0.1, 0.15) is 22.8 Å². The Morgan fingerprint density at radius 3 is 2.46 bits per heavy atom. The molecule has 152 valence electrons. The van der Waals surface area contributed by atoms with E-state index in [4.69, 9.17) is 4.74 Å². The normalized spacial score (nSPS) is 18.2. The number of ether oxygens (including phenoxy) is 1. The molecule has 0 aliphatic carbocycles. The molecule has 0 unspecified atom stereocenters. The molecule has 0 spiro atoms. The number of benzene rings is 1. The van der Waals surface area contributed by atoms with Gasteiger partial charge in [-0.25, -0.2) is 0 Å². The van der Waals surface area contributed by atoms with Gasteiger partial charge in [-0.15, -0.1) is 24.8 Å². The molecule has 7 nitrogen and oxygen atoms in total. The summed E-state index contributed by atoms with van der Waals surface area (Å²) in [5.41, 5.74) is 2.16. The largest absolute Gasteiger partial charge is 0.375 e. The highest BCUT2D eigenvalue weighted by Gasteiger charge is 2.27. The third-order valence-corrected chi connectivity index (χ3v) is 4.22. The summed E-state index contributed by atoms with van der Waals surface area (Å²) in [4.78, 5) is 28.4. The number of nitrogens with zero attached hydrogens (tertiary/aromatic N) is 1. The summed E-state index contributed by atoms with van der Waals surface area (Å²) >= 11 is 0. The molecule has 9 heteroatoms. The van der Waals surface area contributed by atoms with E-state index >= 15 is 0 Å². The predicted molar refractivity (Wildman–Crippen MR) is 112 cm³/mol. The van der Waals surface area contributed by atoms with Crippen molar-refractivity contribution in [3.8, 4) is 0 Å². The van der Waals surface area contributed by atoms with Crippen molar-refractivity contribution in [2.45, 2.75) is 25.6 Å². The van der Waals surface area contributed by atoms with E-state index in [1.165, 1.54) is 0 Å². The summed E-state index contributed by atoms with van der Waals surface area (Å²) < 4.78 is 5.48. The van der Waals surface area contributed by atoms with Crippen LogP contribution in [0.4, 0.5) is 5.69 Å². The minimum absolute atomic E-state index is 0. The molecule has 1 aromatic heterocycles. The Balaban J connectivity index is 0.00000196. The van der Waals surface area contributed by atoms with Gasteiger partial charge >= 0.3 is 0 Å². The Morgan fingerprint density at radius 1 is 1.14 bits per heavy atom. The first-order chi connectivity index (χ1) is 12.6. The van der Waals surface area contributed by atoms with Crippen molar-refractivity contribution < 1.29 is 14.3 Å². The van der Waals surface area contributed by atoms with Gasteiger partial charge in [0.2, 0.25) is 5.91 Å². The first kappa shape index (κ1) is 23.8. The monoisotopic (exact) mass is 426 g/mol. The fraction of sp³-hybridized carbons (Fsp3) is 0.316. The number of amides is 2. The maximum Gasteiger partial charge on any atom is 0.255 e. The van der Waals surface area contributed by atoms with Gasteiger partial charge in [0.05, 0.1) is 12.7 Å². The predicted octanol–water partition coefficient (Wildman–Crippen LogP) is 2.17. The van der Waals surface area contributed by atoms with Gasteiger partial charge < -0.3 is 20.7 Å². The number of anilines is 1. The highest BCUT2D eigenvalue weighted by molar-refractivity contribution is 6.04. The number of hydrogen-bond donors (Lipinski definition) is 3. The summed E-state index contributed by atoms with van der Waals surface area (Å²) in [6.07, 6.45) is 3.09. The van der Waals surface area contributed by atoms with Crippen LogP contribution in [0, 0.1) is 0 Å². The average molecular weight is 427 g/mol. The third-order valence-electron chi connectivity index (χ3n) is 4.22. The topological polar surface area (TPSA) is 92.4 Å². The number of carbonyl (C=O) groups excluding carboxylic acids is 2. The van der Waals surface area contributed by atoms with Crippen LogP contribution < -0.4 is 16.0 Å². The molecule has 2 heterocycles. The lowest BCUT2D eigenvalue weighted by Gasteiger charge is -2.29. The summed E-state index contributed by atoms with van der Waals surface area (Å²) in [5.74, 6) is -0.277. The van der Waals surface area contributed by atoms with Gasteiger partial charge in [0.15, 0.2) is 0 Å². The van der Waals surface area contributed by atoms with Gasteiger partial charge in [0.25, 0.3) is 5.91 Å². The second-order valence-electron chi connectivity index (χ2n) is 6.11. The van der Waals surface area contributed by atoms with E-state index in [1.807, 2.05) is 19.1 Å². The summed E-state index contributed by atoms with van der Waals surface area (Å²) in [6.45, 7) is 3.57. The molecule has 2 amide bonds. The molecule has 1 aliphatic heterocycles. The highest BCUT2D eigenvalue weighted by atomic mass is 35.5. The quantitative estimate of drug-likeness (QED) is 0.681. The van der Waals surface area contributed by atoms with Crippen LogP contribution in [0.15, 0.2) is 48.8 Å². The van der Waals surface area contributed by atoms with Crippen LogP contribution in [-0.4, -0.2) is 42.1 Å². The summed E-state index contributed by atoms with van der Waals surface area (Å²) in [6, 6.07) is 10.3. The number of pyridine rings is 1. The maximum atomic E-state index is 12.2. The molecule has 2 atom stereocenters. The Morgan fingerprint density at radius 2 is 1.82 bits per heavy atom. The van der Waals surface area contributed by atoms with Gasteiger partial charge in [0.1, 0.15) is 6.04 Å². The van der Waals surface area contributed by atoms with E-state index in [2.05, 4.69) is 20.9 Å². The number of carbonyl (C=O) groups is 2. The molecular formula is C19H24Cl2N4O3. The number of hydrogen-bond acceptors (Lipinski definition) is 5. The zero-order chi connectivity index (χ0) is 18.4. The third kappa shape index (κ3) is 6.45. The Bertz CT molecular complexity index is 760. The lowest BCUT2D eigenvalue weighted by atomic mass is 10.1. The van der Waals surface area contributed by atoms with Crippen molar-refractivity contribution in [2.24, 2.45) is 0 Å². The molecule has 2 aromatic rings.